The largest absolute Gasteiger partial charge is 0.350 e. The van der Waals surface area contributed by atoms with Crippen LogP contribution in [0.2, 0.25) is 10.0 Å². The van der Waals surface area contributed by atoms with E-state index in [2.05, 4.69) is 10.4 Å². The minimum Gasteiger partial charge on any atom is -0.350 e. The molecular weight excluding hydrogens is 303 g/mol. The number of non-ortho nitro benzene ring substituents is 1. The second-order valence-electron chi connectivity index (χ2n) is 4.18. The molecule has 8 heteroatoms. The maximum absolute atomic E-state index is 10.7. The van der Waals surface area contributed by atoms with Crippen molar-refractivity contribution in [2.75, 3.05) is 5.32 Å². The average Bonchev–Trinajstić information content (AvgIpc) is 2.73. The Kier molecular flexibility index (Phi) is 4.15. The molecule has 0 saturated carbocycles. The van der Waals surface area contributed by atoms with Gasteiger partial charge in [-0.05, 0) is 6.42 Å². The van der Waals surface area contributed by atoms with Gasteiger partial charge >= 0.3 is 0 Å². The highest BCUT2D eigenvalue weighted by molar-refractivity contribution is 6.39. The number of halogens is 2. The Bertz CT molecular complexity index is 646. The quantitative estimate of drug-likeness (QED) is 0.685. The van der Waals surface area contributed by atoms with E-state index in [0.29, 0.717) is 5.69 Å². The third-order valence-corrected chi connectivity index (χ3v) is 3.33. The monoisotopic (exact) mass is 314 g/mol. The zero-order valence-electron chi connectivity index (χ0n) is 10.9. The third-order valence-electron chi connectivity index (χ3n) is 2.74. The first-order valence-corrected chi connectivity index (χ1v) is 6.61. The molecule has 1 heterocycles. The highest BCUT2D eigenvalue weighted by atomic mass is 35.5. The number of rotatable bonds is 4. The Balaban J connectivity index is 2.41. The number of hydrogen-bond donors (Lipinski definition) is 1. The van der Waals surface area contributed by atoms with E-state index in [1.807, 2.05) is 14.0 Å². The lowest BCUT2D eigenvalue weighted by Crippen LogP contribution is -1.96. The standard InChI is InChI=1S/C12H12Cl2N4O2/c1-3-10-11(6-17(2)16-10)15-12-8(13)4-7(18(19)20)5-9(12)14/h4-6,15H,3H2,1-2H3. The number of benzene rings is 1. The Morgan fingerprint density at radius 3 is 2.50 bits per heavy atom. The van der Waals surface area contributed by atoms with Crippen LogP contribution in [0, 0.1) is 10.1 Å². The highest BCUT2D eigenvalue weighted by Gasteiger charge is 2.16. The summed E-state index contributed by atoms with van der Waals surface area (Å²) in [5, 5.41) is 18.5. The van der Waals surface area contributed by atoms with Crippen LogP contribution in [0.25, 0.3) is 0 Å². The molecule has 2 rings (SSSR count). The smallest absolute Gasteiger partial charge is 0.272 e. The van der Waals surface area contributed by atoms with Crippen LogP contribution < -0.4 is 5.32 Å². The summed E-state index contributed by atoms with van der Waals surface area (Å²) in [4.78, 5) is 10.2. The van der Waals surface area contributed by atoms with Gasteiger partial charge in [-0.25, -0.2) is 0 Å². The molecule has 0 amide bonds. The van der Waals surface area contributed by atoms with E-state index in [9.17, 15) is 10.1 Å². The minimum absolute atomic E-state index is 0.146. The molecule has 0 radical (unpaired) electrons. The van der Waals surface area contributed by atoms with Crippen LogP contribution >= 0.6 is 23.2 Å². The first-order chi connectivity index (χ1) is 9.42. The van der Waals surface area contributed by atoms with E-state index in [1.165, 1.54) is 12.1 Å². The van der Waals surface area contributed by atoms with Crippen LogP contribution in [0.4, 0.5) is 17.1 Å². The highest BCUT2D eigenvalue weighted by Crippen LogP contribution is 2.37. The first-order valence-electron chi connectivity index (χ1n) is 5.85. The molecule has 0 atom stereocenters. The van der Waals surface area contributed by atoms with Crippen LogP contribution in [0.15, 0.2) is 18.3 Å². The Morgan fingerprint density at radius 1 is 1.40 bits per heavy atom. The zero-order valence-corrected chi connectivity index (χ0v) is 12.4. The van der Waals surface area contributed by atoms with Gasteiger partial charge in [-0.2, -0.15) is 5.10 Å². The molecule has 1 aromatic carbocycles. The van der Waals surface area contributed by atoms with E-state index < -0.39 is 4.92 Å². The number of anilines is 2. The second-order valence-corrected chi connectivity index (χ2v) is 5.00. The number of aryl methyl sites for hydroxylation is 2. The van der Waals surface area contributed by atoms with Crippen LogP contribution in [0.5, 0.6) is 0 Å². The Morgan fingerprint density at radius 2 is 2.00 bits per heavy atom. The van der Waals surface area contributed by atoms with Crippen LogP contribution in [0.1, 0.15) is 12.6 Å². The number of hydrogen-bond acceptors (Lipinski definition) is 4. The average molecular weight is 315 g/mol. The predicted octanol–water partition coefficient (Wildman–Crippen LogP) is 3.94. The molecule has 0 spiro atoms. The van der Waals surface area contributed by atoms with Gasteiger partial charge in [0.15, 0.2) is 0 Å². The van der Waals surface area contributed by atoms with Gasteiger partial charge in [0, 0.05) is 25.4 Å². The molecule has 0 unspecified atom stereocenters. The maximum Gasteiger partial charge on any atom is 0.272 e. The summed E-state index contributed by atoms with van der Waals surface area (Å²) in [6.07, 6.45) is 2.54. The Labute approximate surface area is 125 Å². The van der Waals surface area contributed by atoms with Crippen molar-refractivity contribution in [2.45, 2.75) is 13.3 Å². The summed E-state index contributed by atoms with van der Waals surface area (Å²) in [6, 6.07) is 2.52. The minimum atomic E-state index is -0.539. The fourth-order valence-electron chi connectivity index (χ4n) is 1.82. The molecule has 0 bridgehead atoms. The predicted molar refractivity (Wildman–Crippen MR) is 79.0 cm³/mol. The number of nitrogens with one attached hydrogen (secondary N) is 1. The van der Waals surface area contributed by atoms with Crippen molar-refractivity contribution in [1.29, 1.82) is 0 Å². The molecule has 106 valence electrons. The van der Waals surface area contributed by atoms with E-state index in [0.717, 1.165) is 17.8 Å². The fourth-order valence-corrected chi connectivity index (χ4v) is 2.39. The van der Waals surface area contributed by atoms with Crippen LogP contribution in [0.3, 0.4) is 0 Å². The molecule has 0 aliphatic heterocycles. The van der Waals surface area contributed by atoms with E-state index >= 15 is 0 Å². The van der Waals surface area contributed by atoms with Crippen LogP contribution in [-0.4, -0.2) is 14.7 Å². The van der Waals surface area contributed by atoms with Crippen molar-refractivity contribution in [3.05, 3.63) is 44.2 Å². The zero-order chi connectivity index (χ0) is 14.9. The molecular formula is C12H12Cl2N4O2. The molecule has 6 nitrogen and oxygen atoms in total. The van der Waals surface area contributed by atoms with Crippen molar-refractivity contribution in [2.24, 2.45) is 7.05 Å². The summed E-state index contributed by atoms with van der Waals surface area (Å²) in [6.45, 7) is 1.98. The van der Waals surface area contributed by atoms with E-state index in [4.69, 9.17) is 23.2 Å². The van der Waals surface area contributed by atoms with Crippen molar-refractivity contribution in [3.8, 4) is 0 Å². The molecule has 0 fully saturated rings. The van der Waals surface area contributed by atoms with Crippen molar-refractivity contribution in [1.82, 2.24) is 9.78 Å². The molecule has 0 saturated heterocycles. The van der Waals surface area contributed by atoms with Gasteiger partial charge in [0.1, 0.15) is 0 Å². The SMILES string of the molecule is CCc1nn(C)cc1Nc1c(Cl)cc([N+](=O)[O-])cc1Cl. The van der Waals surface area contributed by atoms with E-state index in [1.54, 1.807) is 10.9 Å². The fraction of sp³-hybridized carbons (Fsp3) is 0.250. The van der Waals surface area contributed by atoms with Crippen LogP contribution in [-0.2, 0) is 13.5 Å². The van der Waals surface area contributed by atoms with Gasteiger partial charge < -0.3 is 5.32 Å². The molecule has 2 aromatic rings. The lowest BCUT2D eigenvalue weighted by atomic mass is 10.2. The van der Waals surface area contributed by atoms with E-state index in [-0.39, 0.29) is 15.7 Å². The molecule has 1 N–H and O–H groups in total. The van der Waals surface area contributed by atoms with Gasteiger partial charge in [0.05, 0.1) is 32.0 Å². The molecule has 0 aliphatic rings. The van der Waals surface area contributed by atoms with Crippen molar-refractivity contribution in [3.63, 3.8) is 0 Å². The summed E-state index contributed by atoms with van der Waals surface area (Å²) >= 11 is 12.1. The summed E-state index contributed by atoms with van der Waals surface area (Å²) in [7, 11) is 1.81. The maximum atomic E-state index is 10.7. The number of nitrogens with zero attached hydrogens (tertiary/aromatic N) is 3. The van der Waals surface area contributed by atoms with Gasteiger partial charge in [-0.3, -0.25) is 14.8 Å². The summed E-state index contributed by atoms with van der Waals surface area (Å²) < 4.78 is 1.67. The van der Waals surface area contributed by atoms with Crippen molar-refractivity contribution < 1.29 is 4.92 Å². The lowest BCUT2D eigenvalue weighted by Gasteiger charge is -2.09. The Hall–Kier alpha value is -1.79. The molecule has 0 aliphatic carbocycles. The third kappa shape index (κ3) is 2.86. The van der Waals surface area contributed by atoms with Gasteiger partial charge in [0.25, 0.3) is 5.69 Å². The number of nitro benzene ring substituents is 1. The summed E-state index contributed by atoms with van der Waals surface area (Å²) in [5.41, 5.74) is 1.92. The topological polar surface area (TPSA) is 73.0 Å². The van der Waals surface area contributed by atoms with Gasteiger partial charge in [0.2, 0.25) is 0 Å². The van der Waals surface area contributed by atoms with Gasteiger partial charge in [-0.15, -0.1) is 0 Å². The van der Waals surface area contributed by atoms with Crippen molar-refractivity contribution >= 4 is 40.3 Å². The molecule has 1 aromatic heterocycles. The normalized spacial score (nSPS) is 10.6. The van der Waals surface area contributed by atoms with Gasteiger partial charge in [-0.1, -0.05) is 30.1 Å². The first kappa shape index (κ1) is 14.6. The summed E-state index contributed by atoms with van der Waals surface area (Å²) in [5.74, 6) is 0. The second kappa shape index (κ2) is 5.68. The number of nitro groups is 1. The lowest BCUT2D eigenvalue weighted by molar-refractivity contribution is -0.384. The molecule has 20 heavy (non-hydrogen) atoms. The number of aromatic nitrogens is 2.